The highest BCUT2D eigenvalue weighted by molar-refractivity contribution is 7.98. The molecule has 1 aromatic carbocycles. The fourth-order valence-electron chi connectivity index (χ4n) is 2.24. The Morgan fingerprint density at radius 3 is 2.86 bits per heavy atom. The maximum atomic E-state index is 12.3. The minimum Gasteiger partial charge on any atom is -0.378 e. The van der Waals surface area contributed by atoms with Crippen molar-refractivity contribution in [3.05, 3.63) is 36.0 Å². The summed E-state index contributed by atoms with van der Waals surface area (Å²) in [6.45, 7) is 2.80. The number of anilines is 2. The maximum Gasteiger partial charge on any atom is 0.277 e. The molecule has 22 heavy (non-hydrogen) atoms. The van der Waals surface area contributed by atoms with Crippen molar-refractivity contribution in [2.45, 2.75) is 4.90 Å². The summed E-state index contributed by atoms with van der Waals surface area (Å²) in [5, 5.41) is 6.74. The molecule has 0 saturated carbocycles. The van der Waals surface area contributed by atoms with E-state index < -0.39 is 0 Å². The van der Waals surface area contributed by atoms with Crippen LogP contribution in [0.25, 0.3) is 0 Å². The molecule has 2 aromatic rings. The van der Waals surface area contributed by atoms with Crippen LogP contribution in [-0.4, -0.2) is 43.6 Å². The van der Waals surface area contributed by atoms with Gasteiger partial charge in [-0.1, -0.05) is 17.3 Å². The third-order valence-corrected chi connectivity index (χ3v) is 4.20. The average Bonchev–Trinajstić information content (AvgIpc) is 3.06. The molecular formula is C15H17N3O3S. The highest BCUT2D eigenvalue weighted by atomic mass is 32.2. The van der Waals surface area contributed by atoms with E-state index in [-0.39, 0.29) is 11.6 Å². The summed E-state index contributed by atoms with van der Waals surface area (Å²) in [5.74, 6) is 0.330. The van der Waals surface area contributed by atoms with Crippen LogP contribution >= 0.6 is 11.8 Å². The molecule has 1 aromatic heterocycles. The quantitative estimate of drug-likeness (QED) is 0.873. The second kappa shape index (κ2) is 6.85. The highest BCUT2D eigenvalue weighted by Gasteiger charge is 2.19. The zero-order valence-electron chi connectivity index (χ0n) is 12.2. The Bertz CT molecular complexity index is 653. The van der Waals surface area contributed by atoms with E-state index in [9.17, 15) is 4.79 Å². The Balaban J connectivity index is 1.71. The number of ether oxygens (including phenoxy) is 1. The van der Waals surface area contributed by atoms with Crippen LogP contribution in [0.3, 0.4) is 0 Å². The van der Waals surface area contributed by atoms with Crippen LogP contribution in [0.5, 0.6) is 0 Å². The lowest BCUT2D eigenvalue weighted by Crippen LogP contribution is -2.35. The second-order valence-corrected chi connectivity index (χ2v) is 5.65. The zero-order chi connectivity index (χ0) is 15.4. The number of aromatic nitrogens is 1. The van der Waals surface area contributed by atoms with Crippen LogP contribution in [0, 0.1) is 0 Å². The number of nitrogens with zero attached hydrogens (tertiary/aromatic N) is 2. The van der Waals surface area contributed by atoms with Crippen LogP contribution in [0.4, 0.5) is 11.6 Å². The molecule has 0 radical (unpaired) electrons. The Morgan fingerprint density at radius 1 is 1.32 bits per heavy atom. The third-order valence-electron chi connectivity index (χ3n) is 3.41. The summed E-state index contributed by atoms with van der Waals surface area (Å²) >= 11 is 1.58. The highest BCUT2D eigenvalue weighted by Crippen LogP contribution is 2.25. The Morgan fingerprint density at radius 2 is 2.09 bits per heavy atom. The van der Waals surface area contributed by atoms with Crippen LogP contribution in [0.2, 0.25) is 0 Å². The van der Waals surface area contributed by atoms with Gasteiger partial charge in [-0.25, -0.2) is 0 Å². The fraction of sp³-hybridized carbons (Fsp3) is 0.333. The minimum absolute atomic E-state index is 0.273. The summed E-state index contributed by atoms with van der Waals surface area (Å²) in [5.41, 5.74) is 1.05. The van der Waals surface area contributed by atoms with Crippen LogP contribution in [0.1, 0.15) is 10.5 Å². The van der Waals surface area contributed by atoms with Gasteiger partial charge in [0.2, 0.25) is 5.88 Å². The van der Waals surface area contributed by atoms with Gasteiger partial charge in [-0.05, 0) is 18.4 Å². The lowest BCUT2D eigenvalue weighted by molar-refractivity contribution is 0.101. The molecule has 1 saturated heterocycles. The molecule has 3 rings (SSSR count). The van der Waals surface area contributed by atoms with Crippen molar-refractivity contribution in [1.29, 1.82) is 0 Å². The first-order chi connectivity index (χ1) is 10.8. The molecule has 0 atom stereocenters. The summed E-state index contributed by atoms with van der Waals surface area (Å²) < 4.78 is 10.6. The van der Waals surface area contributed by atoms with Gasteiger partial charge in [0, 0.05) is 24.1 Å². The van der Waals surface area contributed by atoms with Crippen molar-refractivity contribution < 1.29 is 14.1 Å². The van der Waals surface area contributed by atoms with Gasteiger partial charge >= 0.3 is 0 Å². The number of para-hydroxylation sites is 1. The van der Waals surface area contributed by atoms with Crippen molar-refractivity contribution in [2.75, 3.05) is 42.8 Å². The number of benzene rings is 1. The van der Waals surface area contributed by atoms with Crippen LogP contribution < -0.4 is 10.2 Å². The lowest BCUT2D eigenvalue weighted by atomic mass is 10.3. The van der Waals surface area contributed by atoms with Gasteiger partial charge in [-0.3, -0.25) is 4.79 Å². The molecule has 6 nitrogen and oxygen atoms in total. The molecule has 1 aliphatic heterocycles. The number of nitrogens with one attached hydrogen (secondary N) is 1. The van der Waals surface area contributed by atoms with Gasteiger partial charge in [0.15, 0.2) is 5.69 Å². The predicted octanol–water partition coefficient (Wildman–Crippen LogP) is 2.49. The molecule has 0 bridgehead atoms. The van der Waals surface area contributed by atoms with E-state index in [1.165, 1.54) is 0 Å². The van der Waals surface area contributed by atoms with Gasteiger partial charge in [-0.15, -0.1) is 11.8 Å². The summed E-state index contributed by atoms with van der Waals surface area (Å²) in [6.07, 6.45) is 1.97. The van der Waals surface area contributed by atoms with Crippen molar-refractivity contribution in [3.63, 3.8) is 0 Å². The number of amides is 1. The van der Waals surface area contributed by atoms with E-state index in [1.54, 1.807) is 17.8 Å². The molecule has 1 aliphatic rings. The summed E-state index contributed by atoms with van der Waals surface area (Å²) in [7, 11) is 0. The average molecular weight is 319 g/mol. The van der Waals surface area contributed by atoms with Crippen molar-refractivity contribution >= 4 is 29.2 Å². The molecule has 1 N–H and O–H groups in total. The Labute approximate surface area is 132 Å². The normalized spacial score (nSPS) is 14.9. The first-order valence-corrected chi connectivity index (χ1v) is 8.24. The molecule has 0 spiro atoms. The fourth-order valence-corrected chi connectivity index (χ4v) is 2.79. The molecule has 2 heterocycles. The van der Waals surface area contributed by atoms with E-state index in [2.05, 4.69) is 10.5 Å². The number of morpholine rings is 1. The van der Waals surface area contributed by atoms with E-state index in [1.807, 2.05) is 35.4 Å². The van der Waals surface area contributed by atoms with Gasteiger partial charge in [0.1, 0.15) is 0 Å². The number of carbonyl (C=O) groups is 1. The Kier molecular flexibility index (Phi) is 4.65. The number of carbonyl (C=O) groups excluding carboxylic acids is 1. The largest absolute Gasteiger partial charge is 0.378 e. The van der Waals surface area contributed by atoms with Gasteiger partial charge in [0.05, 0.1) is 18.9 Å². The lowest BCUT2D eigenvalue weighted by Gasteiger charge is -2.25. The first kappa shape index (κ1) is 14.9. The van der Waals surface area contributed by atoms with Crippen LogP contribution in [0.15, 0.2) is 39.8 Å². The third kappa shape index (κ3) is 3.26. The number of hydrogen-bond acceptors (Lipinski definition) is 6. The van der Waals surface area contributed by atoms with Gasteiger partial charge < -0.3 is 19.5 Å². The summed E-state index contributed by atoms with van der Waals surface area (Å²) in [4.78, 5) is 15.3. The molecular weight excluding hydrogens is 302 g/mol. The number of thioether (sulfide) groups is 1. The molecule has 0 aliphatic carbocycles. The zero-order valence-corrected chi connectivity index (χ0v) is 13.1. The first-order valence-electron chi connectivity index (χ1n) is 7.01. The standard InChI is InChI=1S/C15H17N3O3S/c1-22-13-5-3-2-4-11(13)16-15(19)12-10-14(21-17-12)18-6-8-20-9-7-18/h2-5,10H,6-9H2,1H3,(H,16,19). The van der Waals surface area contributed by atoms with E-state index in [4.69, 9.17) is 9.26 Å². The Hall–Kier alpha value is -1.99. The monoisotopic (exact) mass is 319 g/mol. The topological polar surface area (TPSA) is 67.6 Å². The number of hydrogen-bond donors (Lipinski definition) is 1. The summed E-state index contributed by atoms with van der Waals surface area (Å²) in [6, 6.07) is 9.32. The van der Waals surface area contributed by atoms with Crippen molar-refractivity contribution in [2.24, 2.45) is 0 Å². The molecule has 1 amide bonds. The SMILES string of the molecule is CSc1ccccc1NC(=O)c1cc(N2CCOCC2)on1. The van der Waals surface area contributed by atoms with Crippen molar-refractivity contribution in [1.82, 2.24) is 5.16 Å². The van der Waals surface area contributed by atoms with Crippen molar-refractivity contribution in [3.8, 4) is 0 Å². The predicted molar refractivity (Wildman–Crippen MR) is 85.7 cm³/mol. The molecule has 0 unspecified atom stereocenters. The minimum atomic E-state index is -0.273. The van der Waals surface area contributed by atoms with E-state index in [0.717, 1.165) is 23.7 Å². The maximum absolute atomic E-state index is 12.3. The second-order valence-electron chi connectivity index (χ2n) is 4.80. The van der Waals surface area contributed by atoms with Gasteiger partial charge in [-0.2, -0.15) is 0 Å². The van der Waals surface area contributed by atoms with Crippen LogP contribution in [-0.2, 0) is 4.74 Å². The van der Waals surface area contributed by atoms with E-state index in [0.29, 0.717) is 19.1 Å². The molecule has 116 valence electrons. The molecule has 1 fully saturated rings. The number of rotatable bonds is 4. The van der Waals surface area contributed by atoms with Gasteiger partial charge in [0.25, 0.3) is 5.91 Å². The van der Waals surface area contributed by atoms with E-state index >= 15 is 0 Å². The molecule has 7 heteroatoms. The smallest absolute Gasteiger partial charge is 0.277 e.